The molecule has 0 aromatic carbocycles. The highest BCUT2D eigenvalue weighted by Gasteiger charge is 2.24. The van der Waals surface area contributed by atoms with Crippen LogP contribution in [-0.4, -0.2) is 83.4 Å². The first-order chi connectivity index (χ1) is 10.2. The number of hydrogen-bond donors (Lipinski definition) is 0. The van der Waals surface area contributed by atoms with Gasteiger partial charge >= 0.3 is 6.09 Å². The van der Waals surface area contributed by atoms with Crippen LogP contribution >= 0.6 is 0 Å². The van der Waals surface area contributed by atoms with Gasteiger partial charge in [-0.05, 0) is 6.92 Å². The second-order valence-corrected chi connectivity index (χ2v) is 5.45. The van der Waals surface area contributed by atoms with Crippen molar-refractivity contribution in [3.63, 3.8) is 0 Å². The molecule has 0 bridgehead atoms. The zero-order chi connectivity index (χ0) is 14.7. The zero-order valence-corrected chi connectivity index (χ0v) is 12.3. The zero-order valence-electron chi connectivity index (χ0n) is 12.3. The second-order valence-electron chi connectivity index (χ2n) is 5.45. The van der Waals surface area contributed by atoms with Crippen molar-refractivity contribution in [1.82, 2.24) is 24.8 Å². The number of carbonyl (C=O) groups excluding carboxylic acids is 1. The molecule has 1 aromatic rings. The fourth-order valence-corrected chi connectivity index (χ4v) is 2.66. The minimum atomic E-state index is -0.180. The number of hydrogen-bond acceptors (Lipinski definition) is 7. The molecule has 0 saturated carbocycles. The Hall–Kier alpha value is -1.67. The molecule has 21 heavy (non-hydrogen) atoms. The summed E-state index contributed by atoms with van der Waals surface area (Å²) in [5.74, 6) is 1.36. The van der Waals surface area contributed by atoms with Crippen LogP contribution < -0.4 is 0 Å². The van der Waals surface area contributed by atoms with E-state index in [1.807, 2.05) is 6.92 Å². The smallest absolute Gasteiger partial charge is 0.409 e. The van der Waals surface area contributed by atoms with E-state index in [1.165, 1.54) is 0 Å². The molecule has 0 radical (unpaired) electrons. The van der Waals surface area contributed by atoms with E-state index in [-0.39, 0.29) is 6.09 Å². The van der Waals surface area contributed by atoms with Gasteiger partial charge in [-0.2, -0.15) is 4.98 Å². The average molecular weight is 295 g/mol. The largest absolute Gasteiger partial charge is 0.448 e. The summed E-state index contributed by atoms with van der Waals surface area (Å²) in [5, 5.41) is 3.81. The minimum absolute atomic E-state index is 0.180. The summed E-state index contributed by atoms with van der Waals surface area (Å²) >= 11 is 0. The van der Waals surface area contributed by atoms with E-state index in [4.69, 9.17) is 9.26 Å². The summed E-state index contributed by atoms with van der Waals surface area (Å²) in [6.07, 6.45) is -0.180. The minimum Gasteiger partial charge on any atom is -0.448 e. The first kappa shape index (κ1) is 14.3. The summed E-state index contributed by atoms with van der Waals surface area (Å²) in [6, 6.07) is 0. The molecule has 0 aliphatic carbocycles. The molecule has 3 heterocycles. The molecule has 2 saturated heterocycles. The Morgan fingerprint density at radius 3 is 2.48 bits per heavy atom. The van der Waals surface area contributed by atoms with E-state index in [2.05, 4.69) is 19.9 Å². The number of carbonyl (C=O) groups is 1. The number of aromatic nitrogens is 2. The number of aryl methyl sites for hydroxylation is 1. The van der Waals surface area contributed by atoms with Crippen molar-refractivity contribution in [2.75, 3.05) is 52.4 Å². The van der Waals surface area contributed by atoms with Crippen LogP contribution in [0.2, 0.25) is 0 Å². The topological polar surface area (TPSA) is 74.9 Å². The standard InChI is InChI=1S/C13H21N5O3/c1-11-14-12(21-15-11)10-17-4-2-16(3-5-17)6-7-18-8-9-20-13(18)19/h2-10H2,1H3. The molecule has 2 aliphatic rings. The number of nitrogens with zero attached hydrogens (tertiary/aromatic N) is 5. The molecular weight excluding hydrogens is 274 g/mol. The van der Waals surface area contributed by atoms with Gasteiger partial charge in [0, 0.05) is 39.3 Å². The Bertz CT molecular complexity index is 484. The lowest BCUT2D eigenvalue weighted by atomic mass is 10.3. The molecule has 8 nitrogen and oxygen atoms in total. The number of cyclic esters (lactones) is 1. The van der Waals surface area contributed by atoms with Gasteiger partial charge in [0.05, 0.1) is 13.1 Å². The highest BCUT2D eigenvalue weighted by molar-refractivity contribution is 5.69. The summed E-state index contributed by atoms with van der Waals surface area (Å²) in [7, 11) is 0. The van der Waals surface area contributed by atoms with Crippen LogP contribution in [0, 0.1) is 6.92 Å². The molecule has 0 N–H and O–H groups in total. The van der Waals surface area contributed by atoms with Crippen molar-refractivity contribution >= 4 is 6.09 Å². The fraction of sp³-hybridized carbons (Fsp3) is 0.769. The molecule has 3 rings (SSSR count). The van der Waals surface area contributed by atoms with Gasteiger partial charge in [0.2, 0.25) is 5.89 Å². The molecule has 0 unspecified atom stereocenters. The average Bonchev–Trinajstić information content (AvgIpc) is 3.07. The Morgan fingerprint density at radius 2 is 1.86 bits per heavy atom. The first-order valence-electron chi connectivity index (χ1n) is 7.36. The lowest BCUT2D eigenvalue weighted by Crippen LogP contribution is -2.48. The maximum Gasteiger partial charge on any atom is 0.409 e. The lowest BCUT2D eigenvalue weighted by molar-refractivity contribution is 0.108. The summed E-state index contributed by atoms with van der Waals surface area (Å²) in [6.45, 7) is 9.39. The SMILES string of the molecule is Cc1noc(CN2CCN(CCN3CCOC3=O)CC2)n1. The van der Waals surface area contributed by atoms with E-state index < -0.39 is 0 Å². The van der Waals surface area contributed by atoms with E-state index >= 15 is 0 Å². The number of piperazine rings is 1. The molecule has 1 aromatic heterocycles. The van der Waals surface area contributed by atoms with Gasteiger partial charge in [0.1, 0.15) is 6.61 Å². The molecule has 8 heteroatoms. The third kappa shape index (κ3) is 3.70. The van der Waals surface area contributed by atoms with Gasteiger partial charge in [0.15, 0.2) is 5.82 Å². The van der Waals surface area contributed by atoms with E-state index in [1.54, 1.807) is 4.90 Å². The summed E-state index contributed by atoms with van der Waals surface area (Å²) in [5.41, 5.74) is 0. The van der Waals surface area contributed by atoms with Crippen molar-refractivity contribution in [2.45, 2.75) is 13.5 Å². The summed E-state index contributed by atoms with van der Waals surface area (Å²) < 4.78 is 10.1. The van der Waals surface area contributed by atoms with Gasteiger partial charge in [-0.15, -0.1) is 0 Å². The molecule has 2 aliphatic heterocycles. The first-order valence-corrected chi connectivity index (χ1v) is 7.36. The fourth-order valence-electron chi connectivity index (χ4n) is 2.66. The van der Waals surface area contributed by atoms with E-state index in [9.17, 15) is 4.79 Å². The third-order valence-electron chi connectivity index (χ3n) is 3.92. The van der Waals surface area contributed by atoms with Crippen LogP contribution in [0.4, 0.5) is 4.79 Å². The molecule has 116 valence electrons. The quantitative estimate of drug-likeness (QED) is 0.753. The van der Waals surface area contributed by atoms with Gasteiger partial charge in [-0.25, -0.2) is 4.79 Å². The third-order valence-corrected chi connectivity index (χ3v) is 3.92. The van der Waals surface area contributed by atoms with Crippen LogP contribution in [0.25, 0.3) is 0 Å². The van der Waals surface area contributed by atoms with Crippen molar-refractivity contribution in [2.24, 2.45) is 0 Å². The van der Waals surface area contributed by atoms with Crippen molar-refractivity contribution in [3.05, 3.63) is 11.7 Å². The predicted molar refractivity (Wildman–Crippen MR) is 73.7 cm³/mol. The number of rotatable bonds is 5. The van der Waals surface area contributed by atoms with Crippen LogP contribution in [0.1, 0.15) is 11.7 Å². The molecule has 0 atom stereocenters. The molecule has 0 spiro atoms. The van der Waals surface area contributed by atoms with Crippen molar-refractivity contribution in [1.29, 1.82) is 0 Å². The van der Waals surface area contributed by atoms with Crippen LogP contribution in [0.5, 0.6) is 0 Å². The molecule has 1 amide bonds. The lowest BCUT2D eigenvalue weighted by Gasteiger charge is -2.34. The van der Waals surface area contributed by atoms with Crippen LogP contribution in [0.15, 0.2) is 4.52 Å². The highest BCUT2D eigenvalue weighted by Crippen LogP contribution is 2.08. The Kier molecular flexibility index (Phi) is 4.35. The van der Waals surface area contributed by atoms with Gasteiger partial charge in [-0.1, -0.05) is 5.16 Å². The normalized spacial score (nSPS) is 21.0. The molecule has 2 fully saturated rings. The second kappa shape index (κ2) is 6.40. The van der Waals surface area contributed by atoms with E-state index in [0.29, 0.717) is 24.9 Å². The Labute approximate surface area is 123 Å². The van der Waals surface area contributed by atoms with Gasteiger partial charge in [0.25, 0.3) is 0 Å². The Morgan fingerprint density at radius 1 is 1.10 bits per heavy atom. The van der Waals surface area contributed by atoms with Crippen molar-refractivity contribution < 1.29 is 14.1 Å². The maximum atomic E-state index is 11.4. The number of amides is 1. The van der Waals surface area contributed by atoms with E-state index in [0.717, 1.165) is 45.8 Å². The van der Waals surface area contributed by atoms with Crippen LogP contribution in [0.3, 0.4) is 0 Å². The highest BCUT2D eigenvalue weighted by atomic mass is 16.6. The van der Waals surface area contributed by atoms with Gasteiger partial charge in [-0.3, -0.25) is 9.80 Å². The predicted octanol–water partition coefficient (Wildman–Crippen LogP) is -0.0522. The Balaban J connectivity index is 1.37. The number of ether oxygens (including phenoxy) is 1. The maximum absolute atomic E-state index is 11.4. The van der Waals surface area contributed by atoms with Crippen molar-refractivity contribution in [3.8, 4) is 0 Å². The monoisotopic (exact) mass is 295 g/mol. The van der Waals surface area contributed by atoms with Gasteiger partial charge < -0.3 is 14.2 Å². The molecular formula is C13H21N5O3. The summed E-state index contributed by atoms with van der Waals surface area (Å²) in [4.78, 5) is 22.0. The van der Waals surface area contributed by atoms with Crippen LogP contribution in [-0.2, 0) is 11.3 Å².